The van der Waals surface area contributed by atoms with Gasteiger partial charge in [-0.1, -0.05) is 23.2 Å². The summed E-state index contributed by atoms with van der Waals surface area (Å²) in [7, 11) is 0. The average molecular weight is 231 g/mol. The van der Waals surface area contributed by atoms with Crippen molar-refractivity contribution in [1.82, 2.24) is 9.38 Å². The van der Waals surface area contributed by atoms with Gasteiger partial charge in [-0.2, -0.15) is 0 Å². The number of carbonyl (C=O) groups is 1. The van der Waals surface area contributed by atoms with Crippen molar-refractivity contribution in [2.24, 2.45) is 0 Å². The number of fused-ring (bicyclic) bond motifs is 1. The number of hydrogen-bond donors (Lipinski definition) is 1. The number of carboxylic acid groups (broad SMARTS) is 1. The van der Waals surface area contributed by atoms with Crippen LogP contribution in [0.25, 0.3) is 5.65 Å². The van der Waals surface area contributed by atoms with Gasteiger partial charge < -0.3 is 5.11 Å². The third kappa shape index (κ3) is 1.32. The lowest BCUT2D eigenvalue weighted by atomic mass is 10.4. The normalized spacial score (nSPS) is 10.7. The van der Waals surface area contributed by atoms with Crippen LogP contribution in [0.5, 0.6) is 0 Å². The van der Waals surface area contributed by atoms with Crippen molar-refractivity contribution in [3.05, 3.63) is 34.2 Å². The van der Waals surface area contributed by atoms with Crippen LogP contribution in [0.1, 0.15) is 10.5 Å². The zero-order valence-electron chi connectivity index (χ0n) is 6.74. The summed E-state index contributed by atoms with van der Waals surface area (Å²) in [4.78, 5) is 14.7. The summed E-state index contributed by atoms with van der Waals surface area (Å²) < 4.78 is 1.37. The standard InChI is InChI=1S/C8H4Cl2N2O2/c9-4-1-2-12-5(3-4)11-7(10)6(12)8(13)14/h1-3H,(H,13,14). The Bertz CT molecular complexity index is 521. The molecule has 2 aromatic rings. The van der Waals surface area contributed by atoms with E-state index in [1.165, 1.54) is 10.6 Å². The summed E-state index contributed by atoms with van der Waals surface area (Å²) in [5.74, 6) is -1.12. The average Bonchev–Trinajstić information content (AvgIpc) is 2.39. The third-order valence-corrected chi connectivity index (χ3v) is 2.25. The number of rotatable bonds is 1. The molecule has 0 saturated carbocycles. The molecule has 4 nitrogen and oxygen atoms in total. The molecule has 72 valence electrons. The Morgan fingerprint density at radius 2 is 2.21 bits per heavy atom. The van der Waals surface area contributed by atoms with Gasteiger partial charge in [-0.25, -0.2) is 9.78 Å². The molecule has 1 N–H and O–H groups in total. The summed E-state index contributed by atoms with van der Waals surface area (Å²) in [6.07, 6.45) is 1.51. The van der Waals surface area contributed by atoms with E-state index in [0.29, 0.717) is 10.7 Å². The largest absolute Gasteiger partial charge is 0.476 e. The monoisotopic (exact) mass is 230 g/mol. The highest BCUT2D eigenvalue weighted by molar-refractivity contribution is 6.33. The SMILES string of the molecule is O=C(O)c1c(Cl)nc2cc(Cl)ccn12. The number of hydrogen-bond acceptors (Lipinski definition) is 2. The van der Waals surface area contributed by atoms with Gasteiger partial charge in [0.25, 0.3) is 0 Å². The van der Waals surface area contributed by atoms with Crippen LogP contribution < -0.4 is 0 Å². The lowest BCUT2D eigenvalue weighted by molar-refractivity contribution is 0.0689. The van der Waals surface area contributed by atoms with Gasteiger partial charge >= 0.3 is 5.97 Å². The number of imidazole rings is 1. The Morgan fingerprint density at radius 3 is 2.86 bits per heavy atom. The van der Waals surface area contributed by atoms with E-state index in [-0.39, 0.29) is 10.8 Å². The Labute approximate surface area is 88.7 Å². The van der Waals surface area contributed by atoms with Gasteiger partial charge in [0.05, 0.1) is 0 Å². The second-order valence-electron chi connectivity index (χ2n) is 2.63. The molecule has 0 amide bonds. The number of aromatic nitrogens is 2. The van der Waals surface area contributed by atoms with Gasteiger partial charge in [0.2, 0.25) is 0 Å². The van der Waals surface area contributed by atoms with Gasteiger partial charge in [0.1, 0.15) is 5.65 Å². The molecular weight excluding hydrogens is 227 g/mol. The maximum absolute atomic E-state index is 10.8. The highest BCUT2D eigenvalue weighted by Crippen LogP contribution is 2.20. The summed E-state index contributed by atoms with van der Waals surface area (Å²) >= 11 is 11.4. The van der Waals surface area contributed by atoms with Crippen LogP contribution in [0.2, 0.25) is 10.2 Å². The van der Waals surface area contributed by atoms with E-state index in [2.05, 4.69) is 4.98 Å². The number of nitrogens with zero attached hydrogens (tertiary/aromatic N) is 2. The molecule has 6 heteroatoms. The molecular formula is C8H4Cl2N2O2. The molecule has 0 aliphatic heterocycles. The Kier molecular flexibility index (Phi) is 2.09. The molecule has 2 aromatic heterocycles. The molecule has 14 heavy (non-hydrogen) atoms. The van der Waals surface area contributed by atoms with Crippen molar-refractivity contribution >= 4 is 34.8 Å². The van der Waals surface area contributed by atoms with Crippen LogP contribution in [0.4, 0.5) is 0 Å². The maximum atomic E-state index is 10.8. The molecule has 0 bridgehead atoms. The zero-order chi connectivity index (χ0) is 10.3. The smallest absolute Gasteiger partial charge is 0.356 e. The fourth-order valence-electron chi connectivity index (χ4n) is 1.18. The van der Waals surface area contributed by atoms with Crippen molar-refractivity contribution in [1.29, 1.82) is 0 Å². The van der Waals surface area contributed by atoms with Crippen LogP contribution in [-0.4, -0.2) is 20.5 Å². The number of pyridine rings is 1. The van der Waals surface area contributed by atoms with Crippen LogP contribution in [-0.2, 0) is 0 Å². The van der Waals surface area contributed by atoms with E-state index in [1.807, 2.05) is 0 Å². The second kappa shape index (κ2) is 3.15. The van der Waals surface area contributed by atoms with Gasteiger partial charge in [-0.05, 0) is 6.07 Å². The van der Waals surface area contributed by atoms with E-state index in [1.54, 1.807) is 12.1 Å². The minimum atomic E-state index is -1.12. The van der Waals surface area contributed by atoms with E-state index < -0.39 is 5.97 Å². The third-order valence-electron chi connectivity index (χ3n) is 1.75. The number of aromatic carboxylic acids is 1. The van der Waals surface area contributed by atoms with Gasteiger partial charge in [0, 0.05) is 17.3 Å². The Balaban J connectivity index is 2.84. The van der Waals surface area contributed by atoms with E-state index in [9.17, 15) is 4.79 Å². The van der Waals surface area contributed by atoms with Gasteiger partial charge in [-0.15, -0.1) is 0 Å². The Hall–Kier alpha value is -1.26. The first kappa shape index (κ1) is 9.30. The van der Waals surface area contributed by atoms with E-state index in [4.69, 9.17) is 28.3 Å². The minimum Gasteiger partial charge on any atom is -0.476 e. The van der Waals surface area contributed by atoms with Crippen molar-refractivity contribution in [3.63, 3.8) is 0 Å². The number of halogens is 2. The molecule has 0 aliphatic rings. The van der Waals surface area contributed by atoms with Crippen molar-refractivity contribution in [2.45, 2.75) is 0 Å². The second-order valence-corrected chi connectivity index (χ2v) is 3.42. The van der Waals surface area contributed by atoms with Crippen LogP contribution in [0.15, 0.2) is 18.3 Å². The molecule has 0 radical (unpaired) electrons. The molecule has 0 aromatic carbocycles. The summed E-state index contributed by atoms with van der Waals surface area (Å²) in [6.45, 7) is 0. The first-order valence-corrected chi connectivity index (χ1v) is 4.41. The first-order valence-electron chi connectivity index (χ1n) is 3.66. The summed E-state index contributed by atoms with van der Waals surface area (Å²) in [5.41, 5.74) is 0.359. The topological polar surface area (TPSA) is 54.6 Å². The molecule has 0 unspecified atom stereocenters. The quantitative estimate of drug-likeness (QED) is 0.819. The maximum Gasteiger partial charge on any atom is 0.356 e. The van der Waals surface area contributed by atoms with Crippen molar-refractivity contribution in [2.75, 3.05) is 0 Å². The predicted octanol–water partition coefficient (Wildman–Crippen LogP) is 2.34. The lowest BCUT2D eigenvalue weighted by Gasteiger charge is -1.96. The van der Waals surface area contributed by atoms with Gasteiger partial charge in [-0.3, -0.25) is 4.40 Å². The summed E-state index contributed by atoms with van der Waals surface area (Å²) in [5, 5.41) is 9.28. The molecule has 0 atom stereocenters. The lowest BCUT2D eigenvalue weighted by Crippen LogP contribution is -2.01. The molecule has 0 saturated heterocycles. The van der Waals surface area contributed by atoms with Crippen LogP contribution in [0.3, 0.4) is 0 Å². The van der Waals surface area contributed by atoms with Crippen molar-refractivity contribution < 1.29 is 9.90 Å². The molecule has 2 rings (SSSR count). The Morgan fingerprint density at radius 1 is 1.50 bits per heavy atom. The highest BCUT2D eigenvalue weighted by Gasteiger charge is 2.16. The van der Waals surface area contributed by atoms with Crippen LogP contribution >= 0.6 is 23.2 Å². The number of carboxylic acids is 1. The molecule has 0 spiro atoms. The fourth-order valence-corrected chi connectivity index (χ4v) is 1.59. The molecule has 2 heterocycles. The fraction of sp³-hybridized carbons (Fsp3) is 0. The van der Waals surface area contributed by atoms with E-state index >= 15 is 0 Å². The van der Waals surface area contributed by atoms with Crippen LogP contribution in [0, 0.1) is 0 Å². The zero-order valence-corrected chi connectivity index (χ0v) is 8.25. The van der Waals surface area contributed by atoms with E-state index in [0.717, 1.165) is 0 Å². The molecule has 0 aliphatic carbocycles. The predicted molar refractivity (Wildman–Crippen MR) is 52.2 cm³/mol. The van der Waals surface area contributed by atoms with Crippen molar-refractivity contribution in [3.8, 4) is 0 Å². The first-order chi connectivity index (χ1) is 6.59. The molecule has 0 fully saturated rings. The summed E-state index contributed by atoms with van der Waals surface area (Å²) in [6, 6.07) is 3.11. The van der Waals surface area contributed by atoms with Gasteiger partial charge in [0.15, 0.2) is 10.8 Å². The highest BCUT2D eigenvalue weighted by atomic mass is 35.5. The minimum absolute atomic E-state index is 0.0419.